The standard InChI is InChI=1S/C14H15O2/c1-14(2)8-7-11-12(16-14)6-5-10-4-3-9-15-13(10)11/h3,5-8H,4,9H2,1-2H3. The van der Waals surface area contributed by atoms with Crippen molar-refractivity contribution in [3.63, 3.8) is 0 Å². The van der Waals surface area contributed by atoms with Gasteiger partial charge in [-0.2, -0.15) is 0 Å². The summed E-state index contributed by atoms with van der Waals surface area (Å²) in [6.07, 6.45) is 7.33. The minimum absolute atomic E-state index is 0.220. The molecule has 0 spiro atoms. The van der Waals surface area contributed by atoms with Crippen molar-refractivity contribution in [1.29, 1.82) is 0 Å². The summed E-state index contributed by atoms with van der Waals surface area (Å²) in [5.41, 5.74) is 2.12. The zero-order valence-corrected chi connectivity index (χ0v) is 9.62. The van der Waals surface area contributed by atoms with Crippen molar-refractivity contribution < 1.29 is 9.47 Å². The number of hydrogen-bond donors (Lipinski definition) is 0. The van der Waals surface area contributed by atoms with E-state index in [-0.39, 0.29) is 5.60 Å². The summed E-state index contributed by atoms with van der Waals surface area (Å²) in [5.74, 6) is 1.92. The fourth-order valence-electron chi connectivity index (χ4n) is 2.16. The molecule has 0 atom stereocenters. The van der Waals surface area contributed by atoms with Gasteiger partial charge in [-0.3, -0.25) is 0 Å². The molecule has 1 radical (unpaired) electrons. The van der Waals surface area contributed by atoms with Crippen molar-refractivity contribution >= 4 is 6.08 Å². The van der Waals surface area contributed by atoms with Crippen LogP contribution in [0.4, 0.5) is 0 Å². The van der Waals surface area contributed by atoms with Crippen LogP contribution in [0, 0.1) is 6.42 Å². The molecule has 2 aliphatic rings. The molecule has 0 saturated carbocycles. The monoisotopic (exact) mass is 215 g/mol. The van der Waals surface area contributed by atoms with E-state index in [4.69, 9.17) is 9.47 Å². The van der Waals surface area contributed by atoms with Crippen molar-refractivity contribution in [2.24, 2.45) is 0 Å². The molecule has 3 rings (SSSR count). The van der Waals surface area contributed by atoms with Gasteiger partial charge in [0.1, 0.15) is 17.1 Å². The van der Waals surface area contributed by atoms with Crippen LogP contribution in [-0.4, -0.2) is 12.2 Å². The summed E-state index contributed by atoms with van der Waals surface area (Å²) in [4.78, 5) is 0. The zero-order valence-electron chi connectivity index (χ0n) is 9.62. The Bertz CT molecular complexity index is 458. The number of rotatable bonds is 0. The van der Waals surface area contributed by atoms with Gasteiger partial charge in [-0.25, -0.2) is 0 Å². The lowest BCUT2D eigenvalue weighted by Crippen LogP contribution is -2.28. The zero-order chi connectivity index (χ0) is 11.2. The van der Waals surface area contributed by atoms with Crippen LogP contribution in [0.5, 0.6) is 11.5 Å². The highest BCUT2D eigenvalue weighted by Crippen LogP contribution is 2.40. The molecule has 0 unspecified atom stereocenters. The molecule has 0 saturated heterocycles. The summed E-state index contributed by atoms with van der Waals surface area (Å²) < 4.78 is 11.6. The Labute approximate surface area is 95.9 Å². The molecule has 0 aliphatic carbocycles. The molecule has 1 aromatic rings. The molecule has 0 aromatic heterocycles. The fourth-order valence-corrected chi connectivity index (χ4v) is 2.16. The molecule has 0 N–H and O–H groups in total. The molecular weight excluding hydrogens is 200 g/mol. The topological polar surface area (TPSA) is 18.5 Å². The second-order valence-corrected chi connectivity index (χ2v) is 4.81. The number of benzene rings is 1. The van der Waals surface area contributed by atoms with E-state index in [1.54, 1.807) is 0 Å². The first-order chi connectivity index (χ1) is 7.66. The van der Waals surface area contributed by atoms with Gasteiger partial charge in [-0.1, -0.05) is 6.07 Å². The highest BCUT2D eigenvalue weighted by Gasteiger charge is 2.25. The first kappa shape index (κ1) is 9.76. The van der Waals surface area contributed by atoms with Gasteiger partial charge in [0.15, 0.2) is 0 Å². The molecule has 0 fully saturated rings. The Hall–Kier alpha value is -1.44. The third-order valence-corrected chi connectivity index (χ3v) is 2.97. The first-order valence-electron chi connectivity index (χ1n) is 5.64. The summed E-state index contributed by atoms with van der Waals surface area (Å²) in [6.45, 7) is 4.81. The van der Waals surface area contributed by atoms with Gasteiger partial charge in [0.05, 0.1) is 12.2 Å². The van der Waals surface area contributed by atoms with E-state index in [0.29, 0.717) is 6.61 Å². The molecule has 0 amide bonds. The largest absolute Gasteiger partial charge is 0.492 e. The van der Waals surface area contributed by atoms with Crippen LogP contribution in [0.2, 0.25) is 0 Å². The summed E-state index contributed by atoms with van der Waals surface area (Å²) in [6, 6.07) is 4.14. The lowest BCUT2D eigenvalue weighted by Gasteiger charge is -2.30. The van der Waals surface area contributed by atoms with Crippen LogP contribution in [0.3, 0.4) is 0 Å². The van der Waals surface area contributed by atoms with Crippen LogP contribution in [-0.2, 0) is 6.42 Å². The molecule has 1 aromatic carbocycles. The first-order valence-corrected chi connectivity index (χ1v) is 5.64. The van der Waals surface area contributed by atoms with Crippen LogP contribution in [0.1, 0.15) is 25.0 Å². The molecule has 16 heavy (non-hydrogen) atoms. The third kappa shape index (κ3) is 1.49. The minimum Gasteiger partial charge on any atom is -0.492 e. The molecular formula is C14H15O2. The molecule has 83 valence electrons. The van der Waals surface area contributed by atoms with Crippen LogP contribution in [0.15, 0.2) is 18.2 Å². The number of ether oxygens (including phenoxy) is 2. The highest BCUT2D eigenvalue weighted by molar-refractivity contribution is 5.69. The second-order valence-electron chi connectivity index (χ2n) is 4.81. The van der Waals surface area contributed by atoms with Gasteiger partial charge in [0.25, 0.3) is 0 Å². The molecule has 2 aliphatic heterocycles. The van der Waals surface area contributed by atoms with Crippen molar-refractivity contribution in [1.82, 2.24) is 0 Å². The molecule has 2 nitrogen and oxygen atoms in total. The average molecular weight is 215 g/mol. The Balaban J connectivity index is 2.12. The smallest absolute Gasteiger partial charge is 0.133 e. The Morgan fingerprint density at radius 1 is 1.25 bits per heavy atom. The Morgan fingerprint density at radius 2 is 2.12 bits per heavy atom. The quantitative estimate of drug-likeness (QED) is 0.662. The Morgan fingerprint density at radius 3 is 3.00 bits per heavy atom. The van der Waals surface area contributed by atoms with Crippen molar-refractivity contribution in [3.05, 3.63) is 35.8 Å². The van der Waals surface area contributed by atoms with Crippen molar-refractivity contribution in [2.75, 3.05) is 6.61 Å². The van der Waals surface area contributed by atoms with Gasteiger partial charge in [0, 0.05) is 6.42 Å². The van der Waals surface area contributed by atoms with E-state index < -0.39 is 0 Å². The summed E-state index contributed by atoms with van der Waals surface area (Å²) >= 11 is 0. The van der Waals surface area contributed by atoms with Crippen molar-refractivity contribution in [3.8, 4) is 11.5 Å². The van der Waals surface area contributed by atoms with E-state index in [1.165, 1.54) is 5.56 Å². The molecule has 2 heterocycles. The fraction of sp³-hybridized carbons (Fsp3) is 0.357. The van der Waals surface area contributed by atoms with Gasteiger partial charge in [-0.05, 0) is 44.1 Å². The summed E-state index contributed by atoms with van der Waals surface area (Å²) in [7, 11) is 0. The van der Waals surface area contributed by atoms with E-state index in [0.717, 1.165) is 23.5 Å². The van der Waals surface area contributed by atoms with E-state index in [2.05, 4.69) is 38.5 Å². The lowest BCUT2D eigenvalue weighted by molar-refractivity contribution is 0.157. The van der Waals surface area contributed by atoms with Gasteiger partial charge in [0.2, 0.25) is 0 Å². The number of fused-ring (bicyclic) bond motifs is 3. The van der Waals surface area contributed by atoms with E-state index in [9.17, 15) is 0 Å². The molecule has 0 bridgehead atoms. The van der Waals surface area contributed by atoms with Gasteiger partial charge < -0.3 is 9.47 Å². The second kappa shape index (κ2) is 3.27. The third-order valence-electron chi connectivity index (χ3n) is 2.97. The predicted molar refractivity (Wildman–Crippen MR) is 63.7 cm³/mol. The van der Waals surface area contributed by atoms with E-state index >= 15 is 0 Å². The SMILES string of the molecule is CC1(C)C=Cc2c(ccc3c2OC[CH]C3)O1. The van der Waals surface area contributed by atoms with Crippen LogP contribution < -0.4 is 9.47 Å². The van der Waals surface area contributed by atoms with Crippen LogP contribution >= 0.6 is 0 Å². The van der Waals surface area contributed by atoms with Gasteiger partial charge in [-0.15, -0.1) is 0 Å². The van der Waals surface area contributed by atoms with Crippen LogP contribution in [0.25, 0.3) is 6.08 Å². The maximum Gasteiger partial charge on any atom is 0.133 e. The van der Waals surface area contributed by atoms with E-state index in [1.807, 2.05) is 6.07 Å². The normalized spacial score (nSPS) is 20.4. The minimum atomic E-state index is -0.220. The predicted octanol–water partition coefficient (Wildman–Crippen LogP) is 3.01. The van der Waals surface area contributed by atoms with Gasteiger partial charge >= 0.3 is 0 Å². The number of hydrogen-bond acceptors (Lipinski definition) is 2. The highest BCUT2D eigenvalue weighted by atomic mass is 16.5. The Kier molecular flexibility index (Phi) is 2.00. The summed E-state index contributed by atoms with van der Waals surface area (Å²) in [5, 5.41) is 0. The average Bonchev–Trinajstić information content (AvgIpc) is 2.27. The maximum atomic E-state index is 5.91. The lowest BCUT2D eigenvalue weighted by atomic mass is 9.97. The molecule has 2 heteroatoms. The van der Waals surface area contributed by atoms with Crippen molar-refractivity contribution in [2.45, 2.75) is 25.9 Å². The maximum absolute atomic E-state index is 5.91.